The van der Waals surface area contributed by atoms with E-state index >= 15 is 0 Å². The quantitative estimate of drug-likeness (QED) is 0.916. The van der Waals surface area contributed by atoms with Crippen LogP contribution in [0.15, 0.2) is 22.7 Å². The first kappa shape index (κ1) is 12.0. The zero-order valence-corrected chi connectivity index (χ0v) is 10.4. The van der Waals surface area contributed by atoms with Crippen molar-refractivity contribution in [2.24, 2.45) is 0 Å². The Morgan fingerprint density at radius 3 is 2.47 bits per heavy atom. The van der Waals surface area contributed by atoms with Crippen LogP contribution in [-0.2, 0) is 0 Å². The Kier molecular flexibility index (Phi) is 4.15. The summed E-state index contributed by atoms with van der Waals surface area (Å²) in [5, 5.41) is 9.13. The van der Waals surface area contributed by atoms with Crippen LogP contribution in [0, 0.1) is 0 Å². The van der Waals surface area contributed by atoms with Gasteiger partial charge in [0, 0.05) is 17.6 Å². The second-order valence-corrected chi connectivity index (χ2v) is 3.97. The van der Waals surface area contributed by atoms with Crippen LogP contribution >= 0.6 is 15.9 Å². The van der Waals surface area contributed by atoms with Crippen LogP contribution in [0.1, 0.15) is 24.2 Å². The van der Waals surface area contributed by atoms with E-state index in [-0.39, 0.29) is 0 Å². The number of anilines is 1. The van der Waals surface area contributed by atoms with Crippen molar-refractivity contribution in [1.82, 2.24) is 0 Å². The summed E-state index contributed by atoms with van der Waals surface area (Å²) in [5.74, 6) is -0.899. The van der Waals surface area contributed by atoms with Gasteiger partial charge in [0.25, 0.3) is 0 Å². The van der Waals surface area contributed by atoms with E-state index in [4.69, 9.17) is 5.11 Å². The van der Waals surface area contributed by atoms with Gasteiger partial charge in [0.05, 0.1) is 11.3 Å². The van der Waals surface area contributed by atoms with Gasteiger partial charge in [-0.25, -0.2) is 4.79 Å². The van der Waals surface area contributed by atoms with Crippen molar-refractivity contribution in [3.8, 4) is 0 Å². The molecule has 0 fully saturated rings. The van der Waals surface area contributed by atoms with Crippen molar-refractivity contribution in [2.45, 2.75) is 13.8 Å². The van der Waals surface area contributed by atoms with Gasteiger partial charge in [-0.3, -0.25) is 0 Å². The van der Waals surface area contributed by atoms with Gasteiger partial charge in [-0.15, -0.1) is 0 Å². The van der Waals surface area contributed by atoms with Crippen molar-refractivity contribution in [1.29, 1.82) is 0 Å². The van der Waals surface area contributed by atoms with Crippen molar-refractivity contribution >= 4 is 27.6 Å². The van der Waals surface area contributed by atoms with E-state index in [9.17, 15) is 4.79 Å². The third-order valence-electron chi connectivity index (χ3n) is 2.31. The third-order valence-corrected chi connectivity index (χ3v) is 2.97. The van der Waals surface area contributed by atoms with Gasteiger partial charge >= 0.3 is 5.97 Å². The zero-order chi connectivity index (χ0) is 11.4. The average molecular weight is 272 g/mol. The van der Waals surface area contributed by atoms with E-state index < -0.39 is 5.97 Å². The first-order chi connectivity index (χ1) is 7.11. The molecule has 0 radical (unpaired) electrons. The summed E-state index contributed by atoms with van der Waals surface area (Å²) in [5.41, 5.74) is 1.10. The topological polar surface area (TPSA) is 40.5 Å². The molecule has 0 heterocycles. The van der Waals surface area contributed by atoms with Crippen LogP contribution < -0.4 is 4.90 Å². The summed E-state index contributed by atoms with van der Waals surface area (Å²) in [6, 6.07) is 5.43. The second-order valence-electron chi connectivity index (χ2n) is 3.11. The van der Waals surface area contributed by atoms with Crippen LogP contribution in [-0.4, -0.2) is 24.2 Å². The van der Waals surface area contributed by atoms with Gasteiger partial charge in [-0.05, 0) is 41.9 Å². The Hall–Kier alpha value is -1.03. The van der Waals surface area contributed by atoms with Crippen molar-refractivity contribution in [2.75, 3.05) is 18.0 Å². The van der Waals surface area contributed by atoms with Gasteiger partial charge in [0.1, 0.15) is 0 Å². The van der Waals surface area contributed by atoms with Crippen LogP contribution in [0.4, 0.5) is 5.69 Å². The molecule has 0 aliphatic carbocycles. The minimum absolute atomic E-state index is 0.334. The Balaban J connectivity index is 3.27. The molecule has 0 aliphatic rings. The standard InChI is InChI=1S/C11H14BrNO2/c1-3-13(4-2)9-7-5-6-8(12)10(9)11(14)15/h5-7H,3-4H2,1-2H3,(H,14,15). The molecule has 1 aromatic rings. The molecule has 0 amide bonds. The molecule has 0 aromatic heterocycles. The van der Waals surface area contributed by atoms with Crippen molar-refractivity contribution in [3.05, 3.63) is 28.2 Å². The average Bonchev–Trinajstić information content (AvgIpc) is 2.19. The lowest BCUT2D eigenvalue weighted by Crippen LogP contribution is -2.24. The number of carbonyl (C=O) groups is 1. The molecule has 82 valence electrons. The number of hydrogen-bond acceptors (Lipinski definition) is 2. The summed E-state index contributed by atoms with van der Waals surface area (Å²) in [7, 11) is 0. The number of rotatable bonds is 4. The molecule has 0 bridgehead atoms. The lowest BCUT2D eigenvalue weighted by Gasteiger charge is -2.23. The van der Waals surface area contributed by atoms with Crippen LogP contribution in [0.2, 0.25) is 0 Å². The van der Waals surface area contributed by atoms with Gasteiger partial charge in [0.2, 0.25) is 0 Å². The molecule has 0 saturated carbocycles. The largest absolute Gasteiger partial charge is 0.478 e. The van der Waals surface area contributed by atoms with Gasteiger partial charge in [-0.2, -0.15) is 0 Å². The van der Waals surface area contributed by atoms with E-state index in [1.54, 1.807) is 6.07 Å². The number of hydrogen-bond donors (Lipinski definition) is 1. The number of nitrogens with zero attached hydrogens (tertiary/aromatic N) is 1. The molecule has 4 heteroatoms. The maximum atomic E-state index is 11.1. The molecule has 15 heavy (non-hydrogen) atoms. The molecule has 1 rings (SSSR count). The zero-order valence-electron chi connectivity index (χ0n) is 8.83. The fourth-order valence-corrected chi connectivity index (χ4v) is 2.08. The molecule has 0 atom stereocenters. The first-order valence-corrected chi connectivity index (χ1v) is 5.67. The van der Waals surface area contributed by atoms with E-state index in [0.29, 0.717) is 10.0 Å². The van der Waals surface area contributed by atoms with Crippen molar-refractivity contribution in [3.63, 3.8) is 0 Å². The minimum atomic E-state index is -0.899. The summed E-state index contributed by atoms with van der Waals surface area (Å²) in [6.45, 7) is 5.62. The fourth-order valence-electron chi connectivity index (χ4n) is 1.55. The van der Waals surface area contributed by atoms with Crippen LogP contribution in [0.5, 0.6) is 0 Å². The van der Waals surface area contributed by atoms with Gasteiger partial charge in [-0.1, -0.05) is 6.07 Å². The molecular weight excluding hydrogens is 258 g/mol. The third kappa shape index (κ3) is 2.50. The smallest absolute Gasteiger partial charge is 0.338 e. The van der Waals surface area contributed by atoms with Crippen LogP contribution in [0.25, 0.3) is 0 Å². The second kappa shape index (κ2) is 5.16. The van der Waals surface area contributed by atoms with Crippen molar-refractivity contribution < 1.29 is 9.90 Å². The number of benzene rings is 1. The van der Waals surface area contributed by atoms with E-state index in [1.165, 1.54) is 0 Å². The SMILES string of the molecule is CCN(CC)c1cccc(Br)c1C(=O)O. The minimum Gasteiger partial charge on any atom is -0.478 e. The lowest BCUT2D eigenvalue weighted by atomic mass is 10.1. The highest BCUT2D eigenvalue weighted by Crippen LogP contribution is 2.27. The normalized spacial score (nSPS) is 10.1. The van der Waals surface area contributed by atoms with Gasteiger partial charge in [0.15, 0.2) is 0 Å². The lowest BCUT2D eigenvalue weighted by molar-refractivity contribution is 0.0696. The van der Waals surface area contributed by atoms with E-state index in [1.807, 2.05) is 30.9 Å². The van der Waals surface area contributed by atoms with E-state index in [0.717, 1.165) is 18.8 Å². The maximum Gasteiger partial charge on any atom is 0.338 e. The summed E-state index contributed by atoms with van der Waals surface area (Å²) >= 11 is 3.27. The Bertz CT molecular complexity index is 362. The predicted molar refractivity (Wildman–Crippen MR) is 64.7 cm³/mol. The monoisotopic (exact) mass is 271 g/mol. The number of halogens is 1. The Labute approximate surface area is 97.8 Å². The summed E-state index contributed by atoms with van der Waals surface area (Å²) < 4.78 is 0.624. The Morgan fingerprint density at radius 2 is 2.00 bits per heavy atom. The molecule has 0 saturated heterocycles. The highest BCUT2D eigenvalue weighted by Gasteiger charge is 2.16. The Morgan fingerprint density at radius 1 is 1.40 bits per heavy atom. The fraction of sp³-hybridized carbons (Fsp3) is 0.364. The molecule has 0 spiro atoms. The van der Waals surface area contributed by atoms with E-state index in [2.05, 4.69) is 15.9 Å². The predicted octanol–water partition coefficient (Wildman–Crippen LogP) is 2.99. The van der Waals surface area contributed by atoms with Gasteiger partial charge < -0.3 is 10.0 Å². The molecule has 0 unspecified atom stereocenters. The molecule has 3 nitrogen and oxygen atoms in total. The number of aromatic carboxylic acids is 1. The molecule has 0 aliphatic heterocycles. The van der Waals surface area contributed by atoms with Crippen LogP contribution in [0.3, 0.4) is 0 Å². The summed E-state index contributed by atoms with van der Waals surface area (Å²) in [6.07, 6.45) is 0. The highest BCUT2D eigenvalue weighted by molar-refractivity contribution is 9.10. The highest BCUT2D eigenvalue weighted by atomic mass is 79.9. The first-order valence-electron chi connectivity index (χ1n) is 4.88. The molecule has 1 aromatic carbocycles. The summed E-state index contributed by atoms with van der Waals surface area (Å²) in [4.78, 5) is 13.1. The number of carboxylic acids is 1. The molecular formula is C11H14BrNO2. The molecule has 1 N–H and O–H groups in total. The number of carboxylic acid groups (broad SMARTS) is 1. The maximum absolute atomic E-state index is 11.1.